The molecule has 4 rings (SSSR count). The van der Waals surface area contributed by atoms with Gasteiger partial charge in [-0.1, -0.05) is 0 Å². The molecule has 2 N–H and O–H groups in total. The fraction of sp³-hybridized carbons (Fsp3) is 0.412. The van der Waals surface area contributed by atoms with Crippen molar-refractivity contribution in [3.05, 3.63) is 41.6 Å². The molecule has 0 aliphatic heterocycles. The maximum Gasteiger partial charge on any atom is 0.416 e. The normalized spacial score (nSPS) is 17.6. The minimum atomic E-state index is -4.33. The smallest absolute Gasteiger partial charge is 0.351 e. The standard InChI is InChI=1S/C17H17F3N4/c18-17(19,20)11-3-5-12(6-4-11)21-15-9-14(10-1-2-10)23-16(24-15)22-13-7-8-13/h3-6,9-10,13H,1-2,7-8H2,(H2,21,22,23,24). The van der Waals surface area contributed by atoms with Gasteiger partial charge in [-0.2, -0.15) is 18.2 Å². The molecule has 1 heterocycles. The van der Waals surface area contributed by atoms with E-state index in [1.807, 2.05) is 6.07 Å². The Bertz CT molecular complexity index is 734. The number of hydrogen-bond donors (Lipinski definition) is 2. The van der Waals surface area contributed by atoms with Gasteiger partial charge in [0.05, 0.1) is 11.3 Å². The average molecular weight is 334 g/mol. The molecule has 0 unspecified atom stereocenters. The maximum atomic E-state index is 12.6. The molecule has 2 fully saturated rings. The topological polar surface area (TPSA) is 49.8 Å². The van der Waals surface area contributed by atoms with E-state index < -0.39 is 11.7 Å². The molecule has 2 aromatic rings. The fourth-order valence-electron chi connectivity index (χ4n) is 2.48. The average Bonchev–Trinajstić information content (AvgIpc) is 3.41. The third-order valence-corrected chi connectivity index (χ3v) is 4.14. The highest BCUT2D eigenvalue weighted by Gasteiger charge is 2.30. The summed E-state index contributed by atoms with van der Waals surface area (Å²) in [6.45, 7) is 0. The Morgan fingerprint density at radius 1 is 0.958 bits per heavy atom. The van der Waals surface area contributed by atoms with Gasteiger partial charge >= 0.3 is 6.18 Å². The number of halogens is 3. The van der Waals surface area contributed by atoms with Crippen molar-refractivity contribution >= 4 is 17.5 Å². The number of anilines is 3. The van der Waals surface area contributed by atoms with Crippen LogP contribution in [0.25, 0.3) is 0 Å². The zero-order valence-electron chi connectivity index (χ0n) is 12.9. The third kappa shape index (κ3) is 3.60. The van der Waals surface area contributed by atoms with E-state index in [4.69, 9.17) is 0 Å². The number of hydrogen-bond acceptors (Lipinski definition) is 4. The Morgan fingerprint density at radius 2 is 1.67 bits per heavy atom. The van der Waals surface area contributed by atoms with E-state index in [9.17, 15) is 13.2 Å². The van der Waals surface area contributed by atoms with Crippen LogP contribution in [0.3, 0.4) is 0 Å². The van der Waals surface area contributed by atoms with Crippen LogP contribution in [0, 0.1) is 0 Å². The lowest BCUT2D eigenvalue weighted by Crippen LogP contribution is -2.08. The van der Waals surface area contributed by atoms with Gasteiger partial charge in [-0.25, -0.2) is 4.98 Å². The van der Waals surface area contributed by atoms with E-state index >= 15 is 0 Å². The van der Waals surface area contributed by atoms with Gasteiger partial charge in [0.15, 0.2) is 0 Å². The lowest BCUT2D eigenvalue weighted by molar-refractivity contribution is -0.137. The number of rotatable bonds is 5. The summed E-state index contributed by atoms with van der Waals surface area (Å²) in [5.41, 5.74) is 0.897. The fourth-order valence-corrected chi connectivity index (χ4v) is 2.48. The molecule has 0 bridgehead atoms. The van der Waals surface area contributed by atoms with Crippen molar-refractivity contribution in [1.29, 1.82) is 0 Å². The van der Waals surface area contributed by atoms with Crippen LogP contribution in [0.1, 0.15) is 42.9 Å². The van der Waals surface area contributed by atoms with Crippen LogP contribution in [0.2, 0.25) is 0 Å². The second-order valence-electron chi connectivity index (χ2n) is 6.39. The Balaban J connectivity index is 1.55. The van der Waals surface area contributed by atoms with Gasteiger partial charge in [-0.15, -0.1) is 0 Å². The van der Waals surface area contributed by atoms with Gasteiger partial charge in [0.2, 0.25) is 5.95 Å². The summed E-state index contributed by atoms with van der Waals surface area (Å²) < 4.78 is 37.9. The highest BCUT2D eigenvalue weighted by Crippen LogP contribution is 2.40. The van der Waals surface area contributed by atoms with Gasteiger partial charge in [0.1, 0.15) is 5.82 Å². The summed E-state index contributed by atoms with van der Waals surface area (Å²) >= 11 is 0. The van der Waals surface area contributed by atoms with Crippen molar-refractivity contribution in [1.82, 2.24) is 9.97 Å². The molecule has 0 radical (unpaired) electrons. The molecule has 4 nitrogen and oxygen atoms in total. The number of nitrogens with zero attached hydrogens (tertiary/aromatic N) is 2. The highest BCUT2D eigenvalue weighted by molar-refractivity contribution is 5.58. The van der Waals surface area contributed by atoms with Gasteiger partial charge in [0, 0.05) is 23.7 Å². The van der Waals surface area contributed by atoms with E-state index in [0.717, 1.165) is 43.5 Å². The number of nitrogens with one attached hydrogen (secondary N) is 2. The number of benzene rings is 1. The van der Waals surface area contributed by atoms with Crippen LogP contribution >= 0.6 is 0 Å². The summed E-state index contributed by atoms with van der Waals surface area (Å²) in [4.78, 5) is 8.99. The first-order valence-electron chi connectivity index (χ1n) is 8.07. The Labute approximate surface area is 137 Å². The predicted molar refractivity (Wildman–Crippen MR) is 85.4 cm³/mol. The van der Waals surface area contributed by atoms with E-state index in [0.29, 0.717) is 29.4 Å². The van der Waals surface area contributed by atoms with Gasteiger partial charge in [0.25, 0.3) is 0 Å². The van der Waals surface area contributed by atoms with Crippen LogP contribution in [0.5, 0.6) is 0 Å². The largest absolute Gasteiger partial charge is 0.416 e. The van der Waals surface area contributed by atoms with Crippen molar-refractivity contribution in [2.75, 3.05) is 10.6 Å². The number of alkyl halides is 3. The van der Waals surface area contributed by atoms with Crippen LogP contribution < -0.4 is 10.6 Å². The maximum absolute atomic E-state index is 12.6. The first-order valence-corrected chi connectivity index (χ1v) is 8.07. The molecule has 2 saturated carbocycles. The molecule has 0 atom stereocenters. The predicted octanol–water partition coefficient (Wildman–Crippen LogP) is 4.69. The molecule has 0 spiro atoms. The Kier molecular flexibility index (Phi) is 3.58. The lowest BCUT2D eigenvalue weighted by atomic mass is 10.2. The minimum Gasteiger partial charge on any atom is -0.351 e. The van der Waals surface area contributed by atoms with Gasteiger partial charge in [-0.3, -0.25) is 0 Å². The SMILES string of the molecule is FC(F)(F)c1ccc(Nc2cc(C3CC3)nc(NC3CC3)n2)cc1. The monoisotopic (exact) mass is 334 g/mol. The summed E-state index contributed by atoms with van der Waals surface area (Å²) in [6.07, 6.45) is 0.171. The first kappa shape index (κ1) is 15.2. The molecule has 0 amide bonds. The van der Waals surface area contributed by atoms with E-state index in [-0.39, 0.29) is 0 Å². The van der Waals surface area contributed by atoms with Crippen molar-refractivity contribution in [3.8, 4) is 0 Å². The second-order valence-corrected chi connectivity index (χ2v) is 6.39. The molecule has 0 saturated heterocycles. The van der Waals surface area contributed by atoms with Crippen molar-refractivity contribution in [3.63, 3.8) is 0 Å². The molecular formula is C17H17F3N4. The third-order valence-electron chi connectivity index (χ3n) is 4.14. The Hall–Kier alpha value is -2.31. The van der Waals surface area contributed by atoms with Crippen LogP contribution in [-0.4, -0.2) is 16.0 Å². The van der Waals surface area contributed by atoms with Crippen molar-refractivity contribution in [2.45, 2.75) is 43.8 Å². The van der Waals surface area contributed by atoms with Crippen molar-refractivity contribution < 1.29 is 13.2 Å². The first-order chi connectivity index (χ1) is 11.5. The Morgan fingerprint density at radius 3 is 2.25 bits per heavy atom. The minimum absolute atomic E-state index is 0.443. The summed E-state index contributed by atoms with van der Waals surface area (Å²) in [5.74, 6) is 1.67. The highest BCUT2D eigenvalue weighted by atomic mass is 19.4. The van der Waals surface area contributed by atoms with Crippen LogP contribution in [0.4, 0.5) is 30.6 Å². The summed E-state index contributed by atoms with van der Waals surface area (Å²) in [5, 5.41) is 6.36. The molecular weight excluding hydrogens is 317 g/mol. The molecule has 1 aromatic carbocycles. The molecule has 126 valence electrons. The van der Waals surface area contributed by atoms with Gasteiger partial charge in [-0.05, 0) is 49.9 Å². The summed E-state index contributed by atoms with van der Waals surface area (Å²) in [6, 6.07) is 7.28. The molecule has 24 heavy (non-hydrogen) atoms. The van der Waals surface area contributed by atoms with Crippen LogP contribution in [0.15, 0.2) is 30.3 Å². The molecule has 2 aliphatic carbocycles. The molecule has 7 heteroatoms. The van der Waals surface area contributed by atoms with E-state index in [1.54, 1.807) is 0 Å². The second kappa shape index (κ2) is 5.65. The zero-order chi connectivity index (χ0) is 16.7. The quantitative estimate of drug-likeness (QED) is 0.833. The summed E-state index contributed by atoms with van der Waals surface area (Å²) in [7, 11) is 0. The zero-order valence-corrected chi connectivity index (χ0v) is 12.9. The molecule has 1 aromatic heterocycles. The van der Waals surface area contributed by atoms with Crippen LogP contribution in [-0.2, 0) is 6.18 Å². The van der Waals surface area contributed by atoms with E-state index in [2.05, 4.69) is 20.6 Å². The molecule has 2 aliphatic rings. The number of aromatic nitrogens is 2. The van der Waals surface area contributed by atoms with E-state index in [1.165, 1.54) is 12.1 Å². The lowest BCUT2D eigenvalue weighted by Gasteiger charge is -2.12. The van der Waals surface area contributed by atoms with Crippen molar-refractivity contribution in [2.24, 2.45) is 0 Å². The van der Waals surface area contributed by atoms with Gasteiger partial charge < -0.3 is 10.6 Å².